The molecule has 0 spiro atoms. The zero-order chi connectivity index (χ0) is 19.5. The average molecular weight is 387 g/mol. The van der Waals surface area contributed by atoms with Gasteiger partial charge >= 0.3 is 5.97 Å². The van der Waals surface area contributed by atoms with E-state index in [2.05, 4.69) is 10.6 Å². The van der Waals surface area contributed by atoms with Crippen LogP contribution in [0.5, 0.6) is 11.5 Å². The molecule has 0 atom stereocenters. The van der Waals surface area contributed by atoms with Crippen LogP contribution in [0.2, 0.25) is 5.02 Å². The zero-order valence-corrected chi connectivity index (χ0v) is 15.8. The molecule has 1 aromatic rings. The minimum atomic E-state index is -0.750. The van der Waals surface area contributed by atoms with Gasteiger partial charge in [-0.15, -0.1) is 0 Å². The van der Waals surface area contributed by atoms with E-state index in [-0.39, 0.29) is 23.0 Å². The van der Waals surface area contributed by atoms with Gasteiger partial charge in [0.2, 0.25) is 5.91 Å². The number of ether oxygens (including phenoxy) is 3. The Kier molecular flexibility index (Phi) is 9.29. The molecule has 1 rings (SSSR count). The van der Waals surface area contributed by atoms with Crippen molar-refractivity contribution in [3.63, 3.8) is 0 Å². The number of esters is 1. The lowest BCUT2D eigenvalue weighted by atomic mass is 10.2. The molecule has 144 valence electrons. The van der Waals surface area contributed by atoms with Crippen LogP contribution in [0.25, 0.3) is 0 Å². The largest absolute Gasteiger partial charge is 0.493 e. The third-order valence-corrected chi connectivity index (χ3v) is 3.35. The highest BCUT2D eigenvalue weighted by Gasteiger charge is 2.18. The van der Waals surface area contributed by atoms with Crippen LogP contribution in [0.1, 0.15) is 30.6 Å². The smallest absolute Gasteiger partial charge is 0.338 e. The van der Waals surface area contributed by atoms with E-state index in [1.807, 2.05) is 6.92 Å². The Hall–Kier alpha value is -2.48. The Labute approximate surface area is 157 Å². The first kappa shape index (κ1) is 21.6. The molecule has 0 heterocycles. The first-order valence-electron chi connectivity index (χ1n) is 8.13. The number of methoxy groups -OCH3 is 1. The quantitative estimate of drug-likeness (QED) is 0.591. The second-order valence-corrected chi connectivity index (χ2v) is 5.55. The molecule has 0 aromatic heterocycles. The highest BCUT2D eigenvalue weighted by atomic mass is 35.5. The fraction of sp³-hybridized carbons (Fsp3) is 0.471. The fourth-order valence-corrected chi connectivity index (χ4v) is 2.15. The molecule has 26 heavy (non-hydrogen) atoms. The molecule has 0 aliphatic rings. The Morgan fingerprint density at radius 1 is 1.12 bits per heavy atom. The van der Waals surface area contributed by atoms with E-state index in [9.17, 15) is 14.4 Å². The van der Waals surface area contributed by atoms with Crippen molar-refractivity contribution in [3.8, 4) is 11.5 Å². The lowest BCUT2D eigenvalue weighted by Crippen LogP contribution is -2.38. The minimum Gasteiger partial charge on any atom is -0.493 e. The SMILES string of the molecule is CCCOc1c(Cl)cc(C(=O)OCC(=O)NCC(=O)NCC)cc1OC. The molecule has 0 aliphatic heterocycles. The summed E-state index contributed by atoms with van der Waals surface area (Å²) < 4.78 is 15.6. The average Bonchev–Trinajstić information content (AvgIpc) is 2.63. The second-order valence-electron chi connectivity index (χ2n) is 5.14. The molecule has 8 nitrogen and oxygen atoms in total. The van der Waals surface area contributed by atoms with Gasteiger partial charge in [0, 0.05) is 6.54 Å². The van der Waals surface area contributed by atoms with Crippen molar-refractivity contribution in [2.24, 2.45) is 0 Å². The second kappa shape index (κ2) is 11.2. The summed E-state index contributed by atoms with van der Waals surface area (Å²) in [7, 11) is 1.42. The van der Waals surface area contributed by atoms with Gasteiger partial charge in [0.1, 0.15) is 0 Å². The predicted molar refractivity (Wildman–Crippen MR) is 95.8 cm³/mol. The van der Waals surface area contributed by atoms with Gasteiger partial charge in [0.15, 0.2) is 18.1 Å². The normalized spacial score (nSPS) is 10.0. The Bertz CT molecular complexity index is 650. The molecule has 0 saturated heterocycles. The number of hydrogen-bond donors (Lipinski definition) is 2. The molecule has 0 radical (unpaired) electrons. The van der Waals surface area contributed by atoms with E-state index in [0.717, 1.165) is 6.42 Å². The Morgan fingerprint density at radius 3 is 2.46 bits per heavy atom. The Morgan fingerprint density at radius 2 is 1.85 bits per heavy atom. The first-order valence-corrected chi connectivity index (χ1v) is 8.51. The standard InChI is InChI=1S/C17H23ClN2O6/c1-4-6-25-16-12(18)7-11(8-13(16)24-3)17(23)26-10-15(22)20-9-14(21)19-5-2/h7-8H,4-6,9-10H2,1-3H3,(H,19,21)(H,20,22). The van der Waals surface area contributed by atoms with Crippen molar-refractivity contribution in [1.29, 1.82) is 0 Å². The van der Waals surface area contributed by atoms with Crippen molar-refractivity contribution in [1.82, 2.24) is 10.6 Å². The van der Waals surface area contributed by atoms with Gasteiger partial charge < -0.3 is 24.8 Å². The third kappa shape index (κ3) is 6.79. The van der Waals surface area contributed by atoms with Gasteiger partial charge in [0.05, 0.1) is 30.8 Å². The minimum absolute atomic E-state index is 0.118. The van der Waals surface area contributed by atoms with E-state index in [4.69, 9.17) is 25.8 Å². The van der Waals surface area contributed by atoms with Gasteiger partial charge in [-0.2, -0.15) is 0 Å². The van der Waals surface area contributed by atoms with Crippen LogP contribution < -0.4 is 20.1 Å². The number of nitrogens with one attached hydrogen (secondary N) is 2. The number of hydrogen-bond acceptors (Lipinski definition) is 6. The van der Waals surface area contributed by atoms with Gasteiger partial charge in [-0.1, -0.05) is 18.5 Å². The fourth-order valence-electron chi connectivity index (χ4n) is 1.89. The van der Waals surface area contributed by atoms with Crippen LogP contribution in [-0.2, 0) is 14.3 Å². The monoisotopic (exact) mass is 386 g/mol. The summed E-state index contributed by atoms with van der Waals surface area (Å²) in [4.78, 5) is 35.0. The first-order chi connectivity index (χ1) is 12.4. The number of rotatable bonds is 10. The molecule has 0 aliphatic carbocycles. The molecule has 0 fully saturated rings. The molecule has 0 unspecified atom stereocenters. The summed E-state index contributed by atoms with van der Waals surface area (Å²) in [5.74, 6) is -1.04. The van der Waals surface area contributed by atoms with E-state index < -0.39 is 18.5 Å². The van der Waals surface area contributed by atoms with Crippen molar-refractivity contribution < 1.29 is 28.6 Å². The van der Waals surface area contributed by atoms with Gasteiger partial charge in [-0.3, -0.25) is 9.59 Å². The van der Waals surface area contributed by atoms with Crippen molar-refractivity contribution in [2.45, 2.75) is 20.3 Å². The maximum absolute atomic E-state index is 12.1. The number of benzene rings is 1. The van der Waals surface area contributed by atoms with Crippen LogP contribution in [-0.4, -0.2) is 51.2 Å². The van der Waals surface area contributed by atoms with Crippen LogP contribution in [0.15, 0.2) is 12.1 Å². The van der Waals surface area contributed by atoms with Gasteiger partial charge in [0.25, 0.3) is 5.91 Å². The summed E-state index contributed by atoms with van der Waals surface area (Å²) >= 11 is 6.13. The molecule has 1 aromatic carbocycles. The zero-order valence-electron chi connectivity index (χ0n) is 15.0. The maximum atomic E-state index is 12.1. The molecule has 0 bridgehead atoms. The summed E-state index contributed by atoms with van der Waals surface area (Å²) in [6.45, 7) is 3.91. The number of halogens is 1. The molecule has 9 heteroatoms. The number of carbonyl (C=O) groups excluding carboxylic acids is 3. The van der Waals surface area contributed by atoms with Gasteiger partial charge in [-0.25, -0.2) is 4.79 Å². The lowest BCUT2D eigenvalue weighted by Gasteiger charge is -2.13. The molecular weight excluding hydrogens is 364 g/mol. The molecule has 0 saturated carbocycles. The van der Waals surface area contributed by atoms with E-state index in [0.29, 0.717) is 24.7 Å². The maximum Gasteiger partial charge on any atom is 0.338 e. The third-order valence-electron chi connectivity index (χ3n) is 3.07. The van der Waals surface area contributed by atoms with E-state index in [1.165, 1.54) is 19.2 Å². The predicted octanol–water partition coefficient (Wildman–Crippen LogP) is 1.55. The summed E-state index contributed by atoms with van der Waals surface area (Å²) in [6, 6.07) is 2.80. The summed E-state index contributed by atoms with van der Waals surface area (Å²) in [5.41, 5.74) is 0.118. The number of carbonyl (C=O) groups is 3. The number of amides is 2. The van der Waals surface area contributed by atoms with Crippen LogP contribution >= 0.6 is 11.6 Å². The summed E-state index contributed by atoms with van der Waals surface area (Å²) in [6.07, 6.45) is 0.786. The molecular formula is C17H23ClN2O6. The Balaban J connectivity index is 2.65. The molecule has 2 amide bonds. The van der Waals surface area contributed by atoms with Crippen molar-refractivity contribution >= 4 is 29.4 Å². The van der Waals surface area contributed by atoms with Crippen LogP contribution in [0.3, 0.4) is 0 Å². The number of likely N-dealkylation sites (N-methyl/N-ethyl adjacent to an activating group) is 1. The van der Waals surface area contributed by atoms with Crippen molar-refractivity contribution in [3.05, 3.63) is 22.7 Å². The molecule has 2 N–H and O–H groups in total. The summed E-state index contributed by atoms with van der Waals surface area (Å²) in [5, 5.41) is 5.07. The van der Waals surface area contributed by atoms with Crippen LogP contribution in [0, 0.1) is 0 Å². The highest BCUT2D eigenvalue weighted by Crippen LogP contribution is 2.36. The van der Waals surface area contributed by atoms with Gasteiger partial charge in [-0.05, 0) is 25.5 Å². The van der Waals surface area contributed by atoms with E-state index >= 15 is 0 Å². The highest BCUT2D eigenvalue weighted by molar-refractivity contribution is 6.32. The lowest BCUT2D eigenvalue weighted by molar-refractivity contribution is -0.127. The van der Waals surface area contributed by atoms with Crippen molar-refractivity contribution in [2.75, 3.05) is 33.4 Å². The topological polar surface area (TPSA) is 103 Å². The van der Waals surface area contributed by atoms with Crippen LogP contribution in [0.4, 0.5) is 0 Å². The van der Waals surface area contributed by atoms with E-state index in [1.54, 1.807) is 6.92 Å².